The molecule has 0 saturated heterocycles. The van der Waals surface area contributed by atoms with Crippen molar-refractivity contribution in [1.82, 2.24) is 0 Å². The Morgan fingerprint density at radius 3 is 0.750 bits per heavy atom. The minimum Gasteiger partial charge on any atom is -1.00 e. The first-order valence-electron chi connectivity index (χ1n) is 1.50. The zero-order valence-electron chi connectivity index (χ0n) is 4.95. The molecule has 0 amide bonds. The van der Waals surface area contributed by atoms with Gasteiger partial charge >= 0.3 is 21.1 Å². The Morgan fingerprint density at radius 1 is 0.750 bits per heavy atom. The molecule has 0 nitrogen and oxygen atoms in total. The van der Waals surface area contributed by atoms with E-state index in [1.54, 1.807) is 0 Å². The Kier molecular flexibility index (Phi) is 127. The Labute approximate surface area is 62.4 Å². The minimum atomic E-state index is 0. The Bertz CT molecular complexity index is 16.0. The van der Waals surface area contributed by atoms with E-state index in [2.05, 4.69) is 20.8 Å². The zero-order chi connectivity index (χ0) is 3.58. The van der Waals surface area contributed by atoms with Crippen LogP contribution in [0.25, 0.3) is 0 Å². The van der Waals surface area contributed by atoms with Gasteiger partial charge in [0.1, 0.15) is 0 Å². The predicted molar refractivity (Wildman–Crippen MR) is 20.3 cm³/mol. The van der Waals surface area contributed by atoms with Crippen LogP contribution in [-0.2, 0) is 21.1 Å². The number of hydrogen-bond donors (Lipinski definition) is 0. The van der Waals surface area contributed by atoms with E-state index in [9.17, 15) is 0 Å². The molecule has 0 saturated carbocycles. The molecule has 0 aromatic carbocycles. The third kappa shape index (κ3) is 850. The van der Waals surface area contributed by atoms with Gasteiger partial charge in [0, 0.05) is 0 Å². The van der Waals surface area contributed by atoms with Gasteiger partial charge in [-0.15, -0.1) is 0 Å². The summed E-state index contributed by atoms with van der Waals surface area (Å²) in [6.07, 6.45) is 0. The summed E-state index contributed by atoms with van der Waals surface area (Å²) in [5.41, 5.74) is 0. The molecule has 0 fully saturated rings. The fraction of sp³-hybridized carbons (Fsp3) is 0.750. The topological polar surface area (TPSA) is 0 Å². The van der Waals surface area contributed by atoms with Crippen molar-refractivity contribution in [1.29, 1.82) is 0 Å². The van der Waals surface area contributed by atoms with Crippen LogP contribution in [0.5, 0.6) is 0 Å². The van der Waals surface area contributed by atoms with Gasteiger partial charge in [0.05, 0.1) is 0 Å². The van der Waals surface area contributed by atoms with Gasteiger partial charge in [0.25, 0.3) is 0 Å². The predicted octanol–water partition coefficient (Wildman–Crippen LogP) is -7.37. The summed E-state index contributed by atoms with van der Waals surface area (Å²) < 4.78 is 0. The average molecular weight is 309 g/mol. The molecule has 0 bridgehead atoms. The Morgan fingerprint density at radius 2 is 0.750 bits per heavy atom. The first-order chi connectivity index (χ1) is 1.73. The van der Waals surface area contributed by atoms with E-state index in [4.69, 9.17) is 0 Å². The van der Waals surface area contributed by atoms with Crippen molar-refractivity contribution in [3.8, 4) is 0 Å². The molecular formula is C4H9F3Pt. The van der Waals surface area contributed by atoms with Crippen molar-refractivity contribution in [2.24, 2.45) is 0 Å². The summed E-state index contributed by atoms with van der Waals surface area (Å²) in [6.45, 7) is 6.25. The summed E-state index contributed by atoms with van der Waals surface area (Å²) in [5, 5.41) is 0. The molecule has 4 heteroatoms. The maximum Gasteiger partial charge on any atom is 4.00 e. The molecular weight excluding hydrogens is 300 g/mol. The minimum absolute atomic E-state index is 0. The maximum atomic E-state index is 2.08. The zero-order valence-corrected chi connectivity index (χ0v) is 7.22. The van der Waals surface area contributed by atoms with Crippen LogP contribution in [0, 0.1) is 5.92 Å². The molecule has 8 heavy (non-hydrogen) atoms. The van der Waals surface area contributed by atoms with Crippen LogP contribution in [-0.4, -0.2) is 0 Å². The van der Waals surface area contributed by atoms with Gasteiger partial charge in [-0.3, -0.25) is 0 Å². The van der Waals surface area contributed by atoms with Gasteiger partial charge in [-0.25, -0.2) is 0 Å². The fourth-order valence-electron chi connectivity index (χ4n) is 0. The van der Waals surface area contributed by atoms with Crippen molar-refractivity contribution >= 4 is 0 Å². The smallest absolute Gasteiger partial charge is 1.00 e. The number of halogens is 3. The van der Waals surface area contributed by atoms with Crippen LogP contribution >= 0.6 is 0 Å². The van der Waals surface area contributed by atoms with Gasteiger partial charge in [-0.05, 0) is 0 Å². The van der Waals surface area contributed by atoms with Gasteiger partial charge in [0.2, 0.25) is 0 Å². The molecule has 0 heterocycles. The van der Waals surface area contributed by atoms with Gasteiger partial charge in [-0.1, -0.05) is 0 Å². The molecule has 0 aliphatic carbocycles. The third-order valence-electron chi connectivity index (χ3n) is 0. The Hall–Kier alpha value is 0.478. The quantitative estimate of drug-likeness (QED) is 0.390. The molecule has 0 atom stereocenters. The maximum absolute atomic E-state index is 2.08. The van der Waals surface area contributed by atoms with Gasteiger partial charge < -0.3 is 20.0 Å². The standard InChI is InChI=1S/C4H9.3FH.Pt/c1-4(2)3;;;;/h1-3H3;3*1H;/q-1;;;;+4/p-3. The van der Waals surface area contributed by atoms with Crippen LogP contribution in [0.4, 0.5) is 0 Å². The van der Waals surface area contributed by atoms with Crippen molar-refractivity contribution in [2.45, 2.75) is 20.8 Å². The molecule has 0 radical (unpaired) electrons. The molecule has 0 aromatic heterocycles. The second kappa shape index (κ2) is 25.9. The van der Waals surface area contributed by atoms with Gasteiger partial charge in [0.15, 0.2) is 0 Å². The molecule has 0 aliphatic heterocycles. The van der Waals surface area contributed by atoms with Crippen LogP contribution in [0.2, 0.25) is 0 Å². The Balaban J connectivity index is -0.00000000750. The van der Waals surface area contributed by atoms with Crippen LogP contribution in [0.3, 0.4) is 0 Å². The molecule has 56 valence electrons. The van der Waals surface area contributed by atoms with E-state index in [0.717, 1.165) is 0 Å². The molecule has 0 spiro atoms. The van der Waals surface area contributed by atoms with Gasteiger partial charge in [-0.2, -0.15) is 20.8 Å². The molecule has 0 aliphatic rings. The van der Waals surface area contributed by atoms with E-state index < -0.39 is 0 Å². The normalized spacial score (nSPS) is 4.50. The molecule has 0 N–H and O–H groups in total. The van der Waals surface area contributed by atoms with Crippen molar-refractivity contribution < 1.29 is 35.2 Å². The summed E-state index contributed by atoms with van der Waals surface area (Å²) >= 11 is 0. The number of hydrogen-bond acceptors (Lipinski definition) is 0. The van der Waals surface area contributed by atoms with E-state index in [1.165, 1.54) is 5.92 Å². The van der Waals surface area contributed by atoms with Crippen molar-refractivity contribution in [3.63, 3.8) is 0 Å². The third-order valence-corrected chi connectivity index (χ3v) is 0. The van der Waals surface area contributed by atoms with Crippen molar-refractivity contribution in [3.05, 3.63) is 5.92 Å². The van der Waals surface area contributed by atoms with Crippen LogP contribution < -0.4 is 14.1 Å². The first-order valence-corrected chi connectivity index (χ1v) is 1.50. The van der Waals surface area contributed by atoms with E-state index >= 15 is 0 Å². The number of rotatable bonds is 0. The molecule has 0 rings (SSSR count). The van der Waals surface area contributed by atoms with Crippen LogP contribution in [0.1, 0.15) is 20.8 Å². The monoisotopic (exact) mass is 309 g/mol. The summed E-state index contributed by atoms with van der Waals surface area (Å²) in [6, 6.07) is 0. The van der Waals surface area contributed by atoms with E-state index in [1.807, 2.05) is 0 Å². The summed E-state index contributed by atoms with van der Waals surface area (Å²) in [5.74, 6) is 1.42. The molecule has 0 aromatic rings. The fourth-order valence-corrected chi connectivity index (χ4v) is 0. The van der Waals surface area contributed by atoms with Crippen molar-refractivity contribution in [2.75, 3.05) is 0 Å². The first kappa shape index (κ1) is 39.2. The SMILES string of the molecule is C[C-](C)C.[F-].[F-].[F-].[Pt+4]. The average Bonchev–Trinajstić information content (AvgIpc) is 0.811. The van der Waals surface area contributed by atoms with E-state index in [0.29, 0.717) is 0 Å². The summed E-state index contributed by atoms with van der Waals surface area (Å²) in [4.78, 5) is 0. The molecule has 0 unspecified atom stereocenters. The second-order valence-electron chi connectivity index (χ2n) is 1.50. The van der Waals surface area contributed by atoms with Crippen LogP contribution in [0.15, 0.2) is 0 Å². The largest absolute Gasteiger partial charge is 4.00 e. The van der Waals surface area contributed by atoms with E-state index in [-0.39, 0.29) is 35.2 Å². The summed E-state index contributed by atoms with van der Waals surface area (Å²) in [7, 11) is 0. The second-order valence-corrected chi connectivity index (χ2v) is 1.50.